The second-order valence-electron chi connectivity index (χ2n) is 5.95. The van der Waals surface area contributed by atoms with Gasteiger partial charge in [0.2, 0.25) is 0 Å². The molecule has 1 fully saturated rings. The number of ether oxygens (including phenoxy) is 1. The van der Waals surface area contributed by atoms with Crippen LogP contribution in [-0.4, -0.2) is 62.2 Å². The molecule has 5 N–H and O–H groups in total. The lowest BCUT2D eigenvalue weighted by Crippen LogP contribution is -2.57. The zero-order valence-electron chi connectivity index (χ0n) is 12.5. The van der Waals surface area contributed by atoms with E-state index in [2.05, 4.69) is 0 Å². The van der Waals surface area contributed by atoms with Crippen molar-refractivity contribution in [3.63, 3.8) is 0 Å². The molecule has 6 nitrogen and oxygen atoms in total. The monoisotopic (exact) mass is 312 g/mol. The van der Waals surface area contributed by atoms with Crippen LogP contribution in [0.5, 0.6) is 5.75 Å². The van der Waals surface area contributed by atoms with Gasteiger partial charge >= 0.3 is 0 Å². The Labute approximate surface area is 129 Å². The third kappa shape index (κ3) is 4.18. The molecule has 0 saturated carbocycles. The smallest absolute Gasteiger partial charge is 0.115 e. The van der Waals surface area contributed by atoms with Crippen molar-refractivity contribution < 1.29 is 30.3 Å². The Bertz CT molecular complexity index is 462. The van der Waals surface area contributed by atoms with Crippen LogP contribution in [0.1, 0.15) is 25.3 Å². The third-order valence-electron chi connectivity index (χ3n) is 4.16. The topological polar surface area (TPSA) is 110 Å². The Hall–Kier alpha value is -1.18. The Morgan fingerprint density at radius 1 is 1.05 bits per heavy atom. The molecule has 0 radical (unpaired) electrons. The van der Waals surface area contributed by atoms with E-state index >= 15 is 0 Å². The van der Waals surface area contributed by atoms with Gasteiger partial charge < -0.3 is 30.3 Å². The van der Waals surface area contributed by atoms with Crippen LogP contribution in [0.4, 0.5) is 0 Å². The summed E-state index contributed by atoms with van der Waals surface area (Å²) < 4.78 is 5.47. The summed E-state index contributed by atoms with van der Waals surface area (Å²) in [6.45, 7) is 1.62. The van der Waals surface area contributed by atoms with Gasteiger partial charge in [-0.1, -0.05) is 12.1 Å². The quantitative estimate of drug-likeness (QED) is 0.521. The lowest BCUT2D eigenvalue weighted by Gasteiger charge is -2.40. The summed E-state index contributed by atoms with van der Waals surface area (Å²) in [4.78, 5) is 0. The number of phenolic OH excluding ortho intramolecular Hbond substituents is 1. The lowest BCUT2D eigenvalue weighted by molar-refractivity contribution is -0.222. The maximum atomic E-state index is 10.1. The standard InChI is InChI=1S/C16H24O6/c1-9-14(19)16(21)15(20)13(22-9)8-12(18)7-4-10-2-5-11(17)6-3-10/h2-3,5-6,9,12-21H,4,7-8H2,1H3/t9-,12?,13-,14-,15-,16+/m0/s1. The number of hydrogen-bond acceptors (Lipinski definition) is 6. The third-order valence-corrected chi connectivity index (χ3v) is 4.16. The largest absolute Gasteiger partial charge is 0.508 e. The zero-order valence-corrected chi connectivity index (χ0v) is 12.5. The predicted molar refractivity (Wildman–Crippen MR) is 79.4 cm³/mol. The molecule has 124 valence electrons. The van der Waals surface area contributed by atoms with Crippen LogP contribution < -0.4 is 0 Å². The van der Waals surface area contributed by atoms with Crippen molar-refractivity contribution in [2.24, 2.45) is 0 Å². The van der Waals surface area contributed by atoms with Gasteiger partial charge in [0, 0.05) is 6.42 Å². The number of aromatic hydroxyl groups is 1. The maximum Gasteiger partial charge on any atom is 0.115 e. The molecule has 0 aliphatic carbocycles. The summed E-state index contributed by atoms with van der Waals surface area (Å²) >= 11 is 0. The number of phenols is 1. The summed E-state index contributed by atoms with van der Waals surface area (Å²) in [5.74, 6) is 0.199. The fraction of sp³-hybridized carbons (Fsp3) is 0.625. The maximum absolute atomic E-state index is 10.1. The minimum absolute atomic E-state index is 0.188. The molecule has 1 unspecified atom stereocenters. The molecule has 1 heterocycles. The first-order valence-electron chi connectivity index (χ1n) is 7.54. The van der Waals surface area contributed by atoms with Crippen molar-refractivity contribution in [1.82, 2.24) is 0 Å². The molecule has 0 aromatic heterocycles. The lowest BCUT2D eigenvalue weighted by atomic mass is 9.91. The van der Waals surface area contributed by atoms with Gasteiger partial charge in [0.05, 0.1) is 18.3 Å². The molecule has 0 spiro atoms. The molecule has 6 atom stereocenters. The summed E-state index contributed by atoms with van der Waals surface area (Å²) in [5, 5.41) is 48.6. The van der Waals surface area contributed by atoms with Crippen LogP contribution in [-0.2, 0) is 11.2 Å². The average Bonchev–Trinajstić information content (AvgIpc) is 2.50. The summed E-state index contributed by atoms with van der Waals surface area (Å²) in [6, 6.07) is 6.76. The molecule has 1 saturated heterocycles. The van der Waals surface area contributed by atoms with Gasteiger partial charge in [-0.3, -0.25) is 0 Å². The summed E-state index contributed by atoms with van der Waals surface area (Å²) in [5.41, 5.74) is 0.991. The molecule has 2 rings (SSSR count). The minimum atomic E-state index is -1.27. The Balaban J connectivity index is 1.83. The molecule has 22 heavy (non-hydrogen) atoms. The van der Waals surface area contributed by atoms with Crippen LogP contribution in [0.25, 0.3) is 0 Å². The molecule has 1 aromatic rings. The van der Waals surface area contributed by atoms with Crippen LogP contribution in [0.3, 0.4) is 0 Å². The average molecular weight is 312 g/mol. The molecule has 1 aliphatic heterocycles. The number of aliphatic hydroxyl groups is 4. The molecule has 1 aliphatic rings. The molecule has 0 amide bonds. The van der Waals surface area contributed by atoms with E-state index in [1.165, 1.54) is 0 Å². The van der Waals surface area contributed by atoms with Crippen LogP contribution in [0.15, 0.2) is 24.3 Å². The fourth-order valence-corrected chi connectivity index (χ4v) is 2.71. The Morgan fingerprint density at radius 2 is 1.68 bits per heavy atom. The first-order chi connectivity index (χ1) is 10.4. The predicted octanol–water partition coefficient (Wildman–Crippen LogP) is -0.0542. The van der Waals surface area contributed by atoms with Gasteiger partial charge in [-0.25, -0.2) is 0 Å². The van der Waals surface area contributed by atoms with E-state index in [0.29, 0.717) is 12.8 Å². The molecule has 1 aromatic carbocycles. The van der Waals surface area contributed by atoms with Gasteiger partial charge in [-0.15, -0.1) is 0 Å². The first-order valence-corrected chi connectivity index (χ1v) is 7.54. The van der Waals surface area contributed by atoms with Crippen molar-refractivity contribution in [2.75, 3.05) is 0 Å². The van der Waals surface area contributed by atoms with Crippen molar-refractivity contribution in [1.29, 1.82) is 0 Å². The molecule has 6 heteroatoms. The van der Waals surface area contributed by atoms with E-state index in [1.54, 1.807) is 31.2 Å². The van der Waals surface area contributed by atoms with Crippen molar-refractivity contribution in [2.45, 2.75) is 62.8 Å². The van der Waals surface area contributed by atoms with Crippen LogP contribution in [0.2, 0.25) is 0 Å². The van der Waals surface area contributed by atoms with E-state index < -0.39 is 36.6 Å². The highest BCUT2D eigenvalue weighted by Gasteiger charge is 2.42. The number of rotatable bonds is 5. The normalized spacial score (nSPS) is 33.6. The Morgan fingerprint density at radius 3 is 2.32 bits per heavy atom. The zero-order chi connectivity index (χ0) is 16.3. The van der Waals surface area contributed by atoms with E-state index in [0.717, 1.165) is 5.56 Å². The highest BCUT2D eigenvalue weighted by Crippen LogP contribution is 2.25. The second kappa shape index (κ2) is 7.39. The number of hydrogen-bond donors (Lipinski definition) is 5. The molecular formula is C16H24O6. The fourth-order valence-electron chi connectivity index (χ4n) is 2.71. The number of aliphatic hydroxyl groups excluding tert-OH is 4. The van der Waals surface area contributed by atoms with E-state index in [4.69, 9.17) is 4.74 Å². The van der Waals surface area contributed by atoms with Gasteiger partial charge in [-0.05, 0) is 37.5 Å². The SMILES string of the molecule is C[C@@H]1O[C@@H](CC(O)CCc2ccc(O)cc2)[C@H](O)[C@H](O)[C@H]1O. The summed E-state index contributed by atoms with van der Waals surface area (Å²) in [6.07, 6.45) is -4.30. The van der Waals surface area contributed by atoms with Crippen LogP contribution >= 0.6 is 0 Å². The van der Waals surface area contributed by atoms with Crippen molar-refractivity contribution in [3.8, 4) is 5.75 Å². The highest BCUT2D eigenvalue weighted by atomic mass is 16.5. The summed E-state index contributed by atoms with van der Waals surface area (Å²) in [7, 11) is 0. The Kier molecular flexibility index (Phi) is 5.77. The molecule has 0 bridgehead atoms. The molecular weight excluding hydrogens is 288 g/mol. The van der Waals surface area contributed by atoms with E-state index in [-0.39, 0.29) is 12.2 Å². The van der Waals surface area contributed by atoms with Gasteiger partial charge in [0.1, 0.15) is 24.1 Å². The minimum Gasteiger partial charge on any atom is -0.508 e. The van der Waals surface area contributed by atoms with Gasteiger partial charge in [0.15, 0.2) is 0 Å². The van der Waals surface area contributed by atoms with E-state index in [1.807, 2.05) is 0 Å². The van der Waals surface area contributed by atoms with Crippen molar-refractivity contribution >= 4 is 0 Å². The first kappa shape index (κ1) is 17.2. The van der Waals surface area contributed by atoms with Gasteiger partial charge in [0.25, 0.3) is 0 Å². The van der Waals surface area contributed by atoms with Gasteiger partial charge in [-0.2, -0.15) is 0 Å². The second-order valence-corrected chi connectivity index (χ2v) is 5.95. The number of aryl methyl sites for hydroxylation is 1. The van der Waals surface area contributed by atoms with E-state index in [9.17, 15) is 25.5 Å². The highest BCUT2D eigenvalue weighted by molar-refractivity contribution is 5.25. The number of benzene rings is 1. The van der Waals surface area contributed by atoms with Crippen molar-refractivity contribution in [3.05, 3.63) is 29.8 Å². The van der Waals surface area contributed by atoms with Crippen LogP contribution in [0, 0.1) is 0 Å².